The summed E-state index contributed by atoms with van der Waals surface area (Å²) in [7, 11) is 0. The summed E-state index contributed by atoms with van der Waals surface area (Å²) >= 11 is 6.02. The molecule has 0 aromatic heterocycles. The van der Waals surface area contributed by atoms with Crippen LogP contribution in [0.4, 0.5) is 0 Å². The molecule has 2 N–H and O–H groups in total. The minimum Gasteiger partial charge on any atom is -0.369 e. The van der Waals surface area contributed by atoms with Crippen molar-refractivity contribution in [1.29, 1.82) is 0 Å². The number of nitrogens with two attached hydrogens (primary N) is 1. The first-order chi connectivity index (χ1) is 10.5. The van der Waals surface area contributed by atoms with Crippen LogP contribution in [0.3, 0.4) is 0 Å². The Morgan fingerprint density at radius 1 is 1.32 bits per heavy atom. The Balaban J connectivity index is 1.68. The average Bonchev–Trinajstić information content (AvgIpc) is 3.27. The molecule has 118 valence electrons. The summed E-state index contributed by atoms with van der Waals surface area (Å²) in [6, 6.07) is 7.91. The summed E-state index contributed by atoms with van der Waals surface area (Å²) < 4.78 is 0. The third kappa shape index (κ3) is 2.98. The zero-order chi connectivity index (χ0) is 15.9. The van der Waals surface area contributed by atoms with E-state index < -0.39 is 0 Å². The molecule has 0 spiro atoms. The molecule has 3 rings (SSSR count). The van der Waals surface area contributed by atoms with Crippen molar-refractivity contribution in [3.63, 3.8) is 0 Å². The van der Waals surface area contributed by atoms with Gasteiger partial charge in [0.2, 0.25) is 11.8 Å². The Morgan fingerprint density at radius 3 is 2.77 bits per heavy atom. The van der Waals surface area contributed by atoms with Crippen molar-refractivity contribution < 1.29 is 9.59 Å². The van der Waals surface area contributed by atoms with Crippen LogP contribution >= 0.6 is 11.6 Å². The first kappa shape index (κ1) is 15.3. The third-order valence-corrected chi connectivity index (χ3v) is 5.19. The van der Waals surface area contributed by atoms with E-state index in [1.807, 2.05) is 36.1 Å². The van der Waals surface area contributed by atoms with Gasteiger partial charge in [0.05, 0.1) is 5.92 Å². The van der Waals surface area contributed by atoms with Gasteiger partial charge in [0.15, 0.2) is 0 Å². The van der Waals surface area contributed by atoms with Crippen LogP contribution in [0, 0.1) is 11.8 Å². The fourth-order valence-corrected chi connectivity index (χ4v) is 3.63. The zero-order valence-electron chi connectivity index (χ0n) is 12.7. The average molecular weight is 321 g/mol. The van der Waals surface area contributed by atoms with Crippen molar-refractivity contribution in [3.8, 4) is 0 Å². The monoisotopic (exact) mass is 320 g/mol. The second-order valence-electron chi connectivity index (χ2n) is 6.52. The molecule has 2 amide bonds. The minimum atomic E-state index is -0.299. The van der Waals surface area contributed by atoms with E-state index in [1.54, 1.807) is 0 Å². The number of rotatable bonds is 3. The van der Waals surface area contributed by atoms with Crippen molar-refractivity contribution in [3.05, 3.63) is 34.9 Å². The van der Waals surface area contributed by atoms with Crippen molar-refractivity contribution in [2.75, 3.05) is 6.54 Å². The number of hydrogen-bond donors (Lipinski definition) is 1. The molecule has 4 atom stereocenters. The fraction of sp³-hybridized carbons (Fsp3) is 0.529. The lowest BCUT2D eigenvalue weighted by atomic mass is 9.92. The minimum absolute atomic E-state index is 0.0209. The van der Waals surface area contributed by atoms with Crippen LogP contribution in [0.15, 0.2) is 24.3 Å². The van der Waals surface area contributed by atoms with Gasteiger partial charge in [-0.05, 0) is 49.8 Å². The van der Waals surface area contributed by atoms with Crippen LogP contribution in [0.1, 0.15) is 37.7 Å². The van der Waals surface area contributed by atoms with Gasteiger partial charge in [0, 0.05) is 23.5 Å². The summed E-state index contributed by atoms with van der Waals surface area (Å²) in [5.74, 6) is -0.0706. The molecular formula is C17H21ClN2O2. The topological polar surface area (TPSA) is 63.4 Å². The molecule has 1 aliphatic heterocycles. The van der Waals surface area contributed by atoms with Crippen LogP contribution in [-0.4, -0.2) is 29.3 Å². The number of carbonyl (C=O) groups excluding carboxylic acids is 2. The second-order valence-corrected chi connectivity index (χ2v) is 6.96. The van der Waals surface area contributed by atoms with E-state index in [4.69, 9.17) is 17.3 Å². The number of nitrogens with zero attached hydrogens (tertiary/aromatic N) is 1. The Labute approximate surface area is 135 Å². The van der Waals surface area contributed by atoms with E-state index >= 15 is 0 Å². The van der Waals surface area contributed by atoms with Crippen molar-refractivity contribution >= 4 is 23.4 Å². The van der Waals surface area contributed by atoms with Gasteiger partial charge in [-0.1, -0.05) is 23.7 Å². The summed E-state index contributed by atoms with van der Waals surface area (Å²) in [6.07, 6.45) is 2.49. The van der Waals surface area contributed by atoms with E-state index in [1.165, 1.54) is 0 Å². The van der Waals surface area contributed by atoms with E-state index in [-0.39, 0.29) is 35.6 Å². The number of likely N-dealkylation sites (tertiary alicyclic amines) is 1. The van der Waals surface area contributed by atoms with Crippen LogP contribution in [-0.2, 0) is 9.59 Å². The number of benzene rings is 1. The Kier molecular flexibility index (Phi) is 4.13. The molecule has 1 aromatic rings. The molecule has 2 aliphatic rings. The number of hydrogen-bond acceptors (Lipinski definition) is 2. The molecule has 4 nitrogen and oxygen atoms in total. The Hall–Kier alpha value is -1.55. The first-order valence-electron chi connectivity index (χ1n) is 7.82. The highest BCUT2D eigenvalue weighted by Gasteiger charge is 2.47. The van der Waals surface area contributed by atoms with E-state index in [0.717, 1.165) is 24.8 Å². The number of amides is 2. The maximum atomic E-state index is 12.7. The lowest BCUT2D eigenvalue weighted by molar-refractivity contribution is -0.138. The van der Waals surface area contributed by atoms with Crippen molar-refractivity contribution in [1.82, 2.24) is 4.90 Å². The standard InChI is InChI=1S/C17H21ClN2O2/c1-10-5-6-12(16(19)21)9-20(10)17(22)15-8-14(15)11-3-2-4-13(18)7-11/h2-4,7,10,12,14-15H,5-6,8-9H2,1H3,(H2,19,21)/t10-,12+,14-,15+/m1/s1. The first-order valence-corrected chi connectivity index (χ1v) is 8.20. The highest BCUT2D eigenvalue weighted by molar-refractivity contribution is 6.30. The van der Waals surface area contributed by atoms with Crippen LogP contribution in [0.5, 0.6) is 0 Å². The maximum absolute atomic E-state index is 12.7. The van der Waals surface area contributed by atoms with E-state index in [2.05, 4.69) is 0 Å². The van der Waals surface area contributed by atoms with Gasteiger partial charge in [0.1, 0.15) is 0 Å². The smallest absolute Gasteiger partial charge is 0.226 e. The molecule has 0 radical (unpaired) electrons. The molecule has 22 heavy (non-hydrogen) atoms. The van der Waals surface area contributed by atoms with Gasteiger partial charge in [-0.25, -0.2) is 0 Å². The zero-order valence-corrected chi connectivity index (χ0v) is 13.4. The van der Waals surface area contributed by atoms with Crippen molar-refractivity contribution in [2.24, 2.45) is 17.6 Å². The van der Waals surface area contributed by atoms with Gasteiger partial charge < -0.3 is 10.6 Å². The van der Waals surface area contributed by atoms with Crippen molar-refractivity contribution in [2.45, 2.75) is 38.1 Å². The van der Waals surface area contributed by atoms with Crippen LogP contribution in [0.25, 0.3) is 0 Å². The Bertz CT molecular complexity index is 604. The normalized spacial score (nSPS) is 30.9. The van der Waals surface area contributed by atoms with Gasteiger partial charge in [-0.15, -0.1) is 0 Å². The lowest BCUT2D eigenvalue weighted by Crippen LogP contribution is -2.49. The number of primary amides is 1. The molecule has 5 heteroatoms. The van der Waals surface area contributed by atoms with Crippen LogP contribution in [0.2, 0.25) is 5.02 Å². The third-order valence-electron chi connectivity index (χ3n) is 4.95. The van der Waals surface area contributed by atoms with Gasteiger partial charge in [-0.3, -0.25) is 9.59 Å². The SMILES string of the molecule is C[C@@H]1CC[C@H](C(N)=O)CN1C(=O)[C@H]1C[C@@H]1c1cccc(Cl)c1. The molecule has 1 aromatic carbocycles. The molecular weight excluding hydrogens is 300 g/mol. The Morgan fingerprint density at radius 2 is 2.09 bits per heavy atom. The summed E-state index contributed by atoms with van der Waals surface area (Å²) in [5.41, 5.74) is 6.54. The number of carbonyl (C=O) groups is 2. The highest BCUT2D eigenvalue weighted by atomic mass is 35.5. The maximum Gasteiger partial charge on any atom is 0.226 e. The molecule has 0 bridgehead atoms. The summed E-state index contributed by atoms with van der Waals surface area (Å²) in [4.78, 5) is 26.0. The van der Waals surface area contributed by atoms with Gasteiger partial charge >= 0.3 is 0 Å². The molecule has 1 heterocycles. The summed E-state index contributed by atoms with van der Waals surface area (Å²) in [5, 5.41) is 0.704. The second kappa shape index (κ2) is 5.92. The lowest BCUT2D eigenvalue weighted by Gasteiger charge is -2.37. The molecule has 2 fully saturated rings. The fourth-order valence-electron chi connectivity index (χ4n) is 3.43. The van der Waals surface area contributed by atoms with Gasteiger partial charge in [0.25, 0.3) is 0 Å². The van der Waals surface area contributed by atoms with Crippen LogP contribution < -0.4 is 5.73 Å². The number of halogens is 1. The predicted molar refractivity (Wildman–Crippen MR) is 85.4 cm³/mol. The van der Waals surface area contributed by atoms with E-state index in [0.29, 0.717) is 11.6 Å². The highest BCUT2D eigenvalue weighted by Crippen LogP contribution is 2.49. The predicted octanol–water partition coefficient (Wildman–Crippen LogP) is 2.56. The molecule has 1 saturated carbocycles. The van der Waals surface area contributed by atoms with Gasteiger partial charge in [-0.2, -0.15) is 0 Å². The number of piperidine rings is 1. The summed E-state index contributed by atoms with van der Waals surface area (Å²) in [6.45, 7) is 2.51. The molecule has 0 unspecified atom stereocenters. The largest absolute Gasteiger partial charge is 0.369 e. The molecule has 1 aliphatic carbocycles. The molecule has 1 saturated heterocycles. The quantitative estimate of drug-likeness (QED) is 0.930. The van der Waals surface area contributed by atoms with E-state index in [9.17, 15) is 9.59 Å².